The molecule has 1 unspecified atom stereocenters. The molecule has 0 aromatic heterocycles. The van der Waals surface area contributed by atoms with E-state index in [0.29, 0.717) is 10.6 Å². The summed E-state index contributed by atoms with van der Waals surface area (Å²) in [5, 5.41) is 8.96. The van der Waals surface area contributed by atoms with E-state index in [2.05, 4.69) is 0 Å². The fourth-order valence-corrected chi connectivity index (χ4v) is 1.05. The van der Waals surface area contributed by atoms with Gasteiger partial charge in [-0.15, -0.1) is 10.0 Å². The van der Waals surface area contributed by atoms with Crippen LogP contribution in [-0.2, 0) is 0 Å². The van der Waals surface area contributed by atoms with Gasteiger partial charge in [-0.2, -0.15) is 5.26 Å². The quantitative estimate of drug-likeness (QED) is 0.717. The summed E-state index contributed by atoms with van der Waals surface area (Å²) in [5.74, 6) is 0. The molecule has 4 heteroatoms. The minimum atomic E-state index is -0.941. The van der Waals surface area contributed by atoms with Crippen LogP contribution in [0.1, 0.15) is 11.6 Å². The zero-order chi connectivity index (χ0) is 8.97. The van der Waals surface area contributed by atoms with Crippen molar-refractivity contribution in [3.63, 3.8) is 0 Å². The lowest BCUT2D eigenvalue weighted by Crippen LogP contribution is -2.09. The van der Waals surface area contributed by atoms with Gasteiger partial charge in [-0.1, -0.05) is 23.7 Å². The summed E-state index contributed by atoms with van der Waals surface area (Å²) >= 11 is 5.64. The van der Waals surface area contributed by atoms with Crippen molar-refractivity contribution in [3.05, 3.63) is 34.9 Å². The third-order valence-electron chi connectivity index (χ3n) is 1.42. The van der Waals surface area contributed by atoms with E-state index in [4.69, 9.17) is 16.9 Å². The average molecular weight is 185 g/mol. The lowest BCUT2D eigenvalue weighted by Gasteiger charge is -2.04. The van der Waals surface area contributed by atoms with Gasteiger partial charge in [0.1, 0.15) is 6.04 Å². The number of nitrogens with zero attached hydrogens (tertiary/aromatic N) is 1. The second kappa shape index (κ2) is 4.05. The van der Waals surface area contributed by atoms with Gasteiger partial charge in [0.2, 0.25) is 0 Å². The van der Waals surface area contributed by atoms with Crippen LogP contribution in [0.4, 0.5) is 4.48 Å². The Hall–Kier alpha value is -1.11. The second-order valence-electron chi connectivity index (χ2n) is 2.23. The number of nitrogens with one attached hydrogen (secondary N) is 1. The van der Waals surface area contributed by atoms with Gasteiger partial charge in [0.25, 0.3) is 0 Å². The van der Waals surface area contributed by atoms with Gasteiger partial charge in [0.05, 0.1) is 6.07 Å². The van der Waals surface area contributed by atoms with Gasteiger partial charge in [-0.3, -0.25) is 0 Å². The summed E-state index contributed by atoms with van der Waals surface area (Å²) in [5.41, 5.74) is 1.90. The Morgan fingerprint density at radius 1 is 1.58 bits per heavy atom. The van der Waals surface area contributed by atoms with Crippen molar-refractivity contribution in [2.24, 2.45) is 0 Å². The normalized spacial score (nSPS) is 12.1. The largest absolute Gasteiger partial charge is 0.196 e. The van der Waals surface area contributed by atoms with Gasteiger partial charge in [0, 0.05) is 5.02 Å². The summed E-state index contributed by atoms with van der Waals surface area (Å²) < 4.78 is 12.0. The monoisotopic (exact) mass is 184 g/mol. The lowest BCUT2D eigenvalue weighted by molar-refractivity contribution is 0.306. The maximum atomic E-state index is 12.0. The van der Waals surface area contributed by atoms with Crippen LogP contribution in [0.15, 0.2) is 24.3 Å². The molecule has 1 rings (SSSR count). The van der Waals surface area contributed by atoms with Crippen molar-refractivity contribution < 1.29 is 4.48 Å². The van der Waals surface area contributed by atoms with Crippen LogP contribution in [0.3, 0.4) is 0 Å². The summed E-state index contributed by atoms with van der Waals surface area (Å²) in [6.45, 7) is 0. The first-order chi connectivity index (χ1) is 5.77. The van der Waals surface area contributed by atoms with E-state index < -0.39 is 6.04 Å². The number of rotatable bonds is 2. The second-order valence-corrected chi connectivity index (χ2v) is 2.66. The first-order valence-corrected chi connectivity index (χ1v) is 3.67. The number of hydrogen-bond acceptors (Lipinski definition) is 2. The predicted molar refractivity (Wildman–Crippen MR) is 44.0 cm³/mol. The predicted octanol–water partition coefficient (Wildman–Crippen LogP) is 2.38. The lowest BCUT2D eigenvalue weighted by atomic mass is 10.1. The summed E-state index contributed by atoms with van der Waals surface area (Å²) in [6.07, 6.45) is 0. The van der Waals surface area contributed by atoms with Gasteiger partial charge in [0.15, 0.2) is 0 Å². The average Bonchev–Trinajstić information content (AvgIpc) is 2.07. The van der Waals surface area contributed by atoms with Crippen molar-refractivity contribution in [3.8, 4) is 6.07 Å². The Kier molecular flexibility index (Phi) is 3.03. The molecule has 0 aliphatic rings. The number of benzene rings is 1. The zero-order valence-electron chi connectivity index (χ0n) is 6.09. The van der Waals surface area contributed by atoms with Crippen LogP contribution in [-0.4, -0.2) is 0 Å². The van der Waals surface area contributed by atoms with Gasteiger partial charge >= 0.3 is 0 Å². The van der Waals surface area contributed by atoms with Crippen molar-refractivity contribution in [1.29, 1.82) is 5.26 Å². The molecule has 0 spiro atoms. The Bertz CT molecular complexity index is 308. The van der Waals surface area contributed by atoms with E-state index in [1.54, 1.807) is 30.3 Å². The molecular formula is C8H6ClFN2. The molecule has 62 valence electrons. The molecule has 0 radical (unpaired) electrons. The van der Waals surface area contributed by atoms with Crippen LogP contribution in [0, 0.1) is 11.3 Å². The molecule has 0 bridgehead atoms. The molecule has 2 nitrogen and oxygen atoms in total. The third kappa shape index (κ3) is 1.94. The standard InChI is InChI=1S/C8H6ClFN2/c9-7-3-1-2-6(4-7)8(5-11)12-10/h1-4,8,12H. The molecule has 0 aliphatic heterocycles. The molecule has 1 N–H and O–H groups in total. The van der Waals surface area contributed by atoms with E-state index in [-0.39, 0.29) is 0 Å². The minimum absolute atomic E-state index is 0.489. The highest BCUT2D eigenvalue weighted by Gasteiger charge is 2.08. The van der Waals surface area contributed by atoms with Crippen molar-refractivity contribution in [2.75, 3.05) is 0 Å². The number of halogens is 2. The van der Waals surface area contributed by atoms with Crippen LogP contribution >= 0.6 is 11.6 Å². The van der Waals surface area contributed by atoms with Crippen LogP contribution in [0.2, 0.25) is 5.02 Å². The van der Waals surface area contributed by atoms with Crippen molar-refractivity contribution in [1.82, 2.24) is 5.54 Å². The SMILES string of the molecule is N#CC(NF)c1cccc(Cl)c1. The van der Waals surface area contributed by atoms with Gasteiger partial charge in [-0.25, -0.2) is 0 Å². The maximum Gasteiger partial charge on any atom is 0.149 e. The smallest absolute Gasteiger partial charge is 0.149 e. The molecule has 12 heavy (non-hydrogen) atoms. The minimum Gasteiger partial charge on any atom is -0.196 e. The van der Waals surface area contributed by atoms with Gasteiger partial charge < -0.3 is 0 Å². The Morgan fingerprint density at radius 3 is 2.83 bits per heavy atom. The topological polar surface area (TPSA) is 35.8 Å². The molecule has 0 heterocycles. The Balaban J connectivity index is 2.95. The third-order valence-corrected chi connectivity index (χ3v) is 1.66. The summed E-state index contributed by atoms with van der Waals surface area (Å²) in [6, 6.07) is 7.31. The molecule has 0 aliphatic carbocycles. The Labute approximate surface area is 74.5 Å². The fourth-order valence-electron chi connectivity index (χ4n) is 0.848. The van der Waals surface area contributed by atoms with E-state index in [1.165, 1.54) is 5.54 Å². The highest BCUT2D eigenvalue weighted by Crippen LogP contribution is 2.16. The van der Waals surface area contributed by atoms with Crippen molar-refractivity contribution in [2.45, 2.75) is 6.04 Å². The maximum absolute atomic E-state index is 12.0. The van der Waals surface area contributed by atoms with E-state index in [9.17, 15) is 4.48 Å². The number of hydrogen-bond donors (Lipinski definition) is 1. The molecule has 0 amide bonds. The summed E-state index contributed by atoms with van der Waals surface area (Å²) in [7, 11) is 0. The zero-order valence-corrected chi connectivity index (χ0v) is 6.85. The first kappa shape index (κ1) is 8.98. The Morgan fingerprint density at radius 2 is 2.33 bits per heavy atom. The molecule has 0 saturated carbocycles. The molecule has 1 atom stereocenters. The number of nitriles is 1. The molecule has 0 saturated heterocycles. The highest BCUT2D eigenvalue weighted by molar-refractivity contribution is 6.30. The highest BCUT2D eigenvalue weighted by atomic mass is 35.5. The first-order valence-electron chi connectivity index (χ1n) is 3.29. The van der Waals surface area contributed by atoms with Crippen molar-refractivity contribution >= 4 is 11.6 Å². The van der Waals surface area contributed by atoms with E-state index >= 15 is 0 Å². The van der Waals surface area contributed by atoms with Crippen LogP contribution in [0.5, 0.6) is 0 Å². The van der Waals surface area contributed by atoms with Gasteiger partial charge in [-0.05, 0) is 17.7 Å². The molecule has 0 fully saturated rings. The molecule has 1 aromatic carbocycles. The fraction of sp³-hybridized carbons (Fsp3) is 0.125. The molecule has 1 aromatic rings. The van der Waals surface area contributed by atoms with E-state index in [1.807, 2.05) is 0 Å². The van der Waals surface area contributed by atoms with Crippen LogP contribution in [0.25, 0.3) is 0 Å². The molecular weight excluding hydrogens is 179 g/mol. The van der Waals surface area contributed by atoms with E-state index in [0.717, 1.165) is 0 Å². The summed E-state index contributed by atoms with van der Waals surface area (Å²) in [4.78, 5) is 0. The van der Waals surface area contributed by atoms with Crippen LogP contribution < -0.4 is 5.54 Å².